The van der Waals surface area contributed by atoms with E-state index in [1.807, 2.05) is 24.3 Å². The summed E-state index contributed by atoms with van der Waals surface area (Å²) in [4.78, 5) is 0. The molecule has 0 amide bonds. The van der Waals surface area contributed by atoms with Gasteiger partial charge in [0, 0.05) is 12.6 Å². The van der Waals surface area contributed by atoms with Crippen LogP contribution in [0.2, 0.25) is 0 Å². The molecule has 0 aliphatic carbocycles. The smallest absolute Gasteiger partial charge is 0.123 e. The van der Waals surface area contributed by atoms with Crippen LogP contribution in [0.4, 0.5) is 0 Å². The minimum absolute atomic E-state index is 0.292. The van der Waals surface area contributed by atoms with E-state index >= 15 is 0 Å². The molecular weight excluding hydrogens is 206 g/mol. The molecule has 2 saturated heterocycles. The molecule has 0 bridgehead atoms. The van der Waals surface area contributed by atoms with E-state index in [0.717, 1.165) is 31.3 Å². The van der Waals surface area contributed by atoms with Gasteiger partial charge in [0.25, 0.3) is 0 Å². The Morgan fingerprint density at radius 2 is 1.94 bits per heavy atom. The zero-order valence-corrected chi connectivity index (χ0v) is 9.02. The van der Waals surface area contributed by atoms with Crippen LogP contribution in [0, 0.1) is 0 Å². The van der Waals surface area contributed by atoms with Crippen molar-refractivity contribution in [1.29, 1.82) is 0 Å². The number of rotatable bonds is 6. The Morgan fingerprint density at radius 3 is 2.56 bits per heavy atom. The van der Waals surface area contributed by atoms with Crippen LogP contribution in [0.15, 0.2) is 24.3 Å². The lowest BCUT2D eigenvalue weighted by molar-refractivity contribution is 0.260. The molecule has 0 radical (unpaired) electrons. The summed E-state index contributed by atoms with van der Waals surface area (Å²) in [7, 11) is 0. The first-order valence-electron chi connectivity index (χ1n) is 5.61. The summed E-state index contributed by atoms with van der Waals surface area (Å²) in [5.41, 5.74) is 0. The summed E-state index contributed by atoms with van der Waals surface area (Å²) in [5, 5.41) is 3.19. The van der Waals surface area contributed by atoms with Crippen molar-refractivity contribution < 1.29 is 14.2 Å². The first-order valence-corrected chi connectivity index (χ1v) is 5.61. The second-order valence-corrected chi connectivity index (χ2v) is 4.16. The average Bonchev–Trinajstić information content (AvgIpc) is 3.17. The van der Waals surface area contributed by atoms with E-state index in [9.17, 15) is 0 Å². The highest BCUT2D eigenvalue weighted by molar-refractivity contribution is 5.33. The van der Waals surface area contributed by atoms with Gasteiger partial charge in [0.15, 0.2) is 0 Å². The molecule has 2 heterocycles. The zero-order chi connectivity index (χ0) is 10.8. The number of epoxide rings is 1. The summed E-state index contributed by atoms with van der Waals surface area (Å²) < 4.78 is 16.3. The van der Waals surface area contributed by atoms with Gasteiger partial charge in [0.1, 0.15) is 30.8 Å². The molecule has 2 unspecified atom stereocenters. The van der Waals surface area contributed by atoms with Crippen molar-refractivity contribution in [2.45, 2.75) is 12.1 Å². The molecule has 2 fully saturated rings. The predicted molar refractivity (Wildman–Crippen MR) is 59.0 cm³/mol. The Bertz CT molecular complexity index is 330. The molecule has 4 heteroatoms. The molecule has 2 aliphatic heterocycles. The minimum atomic E-state index is 0.292. The molecule has 2 aliphatic rings. The highest BCUT2D eigenvalue weighted by Crippen LogP contribution is 2.21. The van der Waals surface area contributed by atoms with Gasteiger partial charge in [-0.15, -0.1) is 0 Å². The standard InChI is InChI=1S/C12H15NO3/c1-2-10(14-6-9-5-13-9)4-11(3-1)15-7-12-8-16-12/h1-4,9,12-13H,5-8H2. The summed E-state index contributed by atoms with van der Waals surface area (Å²) >= 11 is 0. The first-order chi connectivity index (χ1) is 7.90. The summed E-state index contributed by atoms with van der Waals surface area (Å²) in [6.07, 6.45) is 0.292. The molecule has 4 nitrogen and oxygen atoms in total. The third kappa shape index (κ3) is 2.87. The van der Waals surface area contributed by atoms with Crippen LogP contribution < -0.4 is 14.8 Å². The molecular formula is C12H15NO3. The van der Waals surface area contributed by atoms with Crippen LogP contribution in [0.3, 0.4) is 0 Å². The molecule has 1 aromatic rings. The van der Waals surface area contributed by atoms with Gasteiger partial charge in [0.2, 0.25) is 0 Å². The van der Waals surface area contributed by atoms with Gasteiger partial charge in [0.05, 0.1) is 12.6 Å². The van der Waals surface area contributed by atoms with Gasteiger partial charge >= 0.3 is 0 Å². The lowest BCUT2D eigenvalue weighted by Crippen LogP contribution is -2.07. The Kier molecular flexibility index (Phi) is 2.68. The summed E-state index contributed by atoms with van der Waals surface area (Å²) in [6, 6.07) is 8.28. The third-order valence-corrected chi connectivity index (χ3v) is 2.59. The van der Waals surface area contributed by atoms with E-state index in [0.29, 0.717) is 18.8 Å². The number of nitrogens with one attached hydrogen (secondary N) is 1. The molecule has 2 atom stereocenters. The van der Waals surface area contributed by atoms with Crippen molar-refractivity contribution in [1.82, 2.24) is 5.32 Å². The summed E-state index contributed by atoms with van der Waals surface area (Å²) in [5.74, 6) is 1.71. The van der Waals surface area contributed by atoms with Crippen LogP contribution >= 0.6 is 0 Å². The van der Waals surface area contributed by atoms with Crippen molar-refractivity contribution >= 4 is 0 Å². The van der Waals surface area contributed by atoms with Crippen molar-refractivity contribution in [2.75, 3.05) is 26.4 Å². The van der Waals surface area contributed by atoms with Gasteiger partial charge in [-0.2, -0.15) is 0 Å². The third-order valence-electron chi connectivity index (χ3n) is 2.59. The van der Waals surface area contributed by atoms with Gasteiger partial charge in [-0.05, 0) is 12.1 Å². The largest absolute Gasteiger partial charge is 0.492 e. The lowest BCUT2D eigenvalue weighted by atomic mass is 10.3. The van der Waals surface area contributed by atoms with E-state index in [-0.39, 0.29) is 0 Å². The van der Waals surface area contributed by atoms with Crippen LogP contribution in [0.25, 0.3) is 0 Å². The molecule has 86 valence electrons. The van der Waals surface area contributed by atoms with Gasteiger partial charge in [-0.1, -0.05) is 6.07 Å². The van der Waals surface area contributed by atoms with Crippen molar-refractivity contribution in [3.05, 3.63) is 24.3 Å². The Hall–Kier alpha value is -1.26. The van der Waals surface area contributed by atoms with Crippen LogP contribution in [-0.4, -0.2) is 38.5 Å². The summed E-state index contributed by atoms with van der Waals surface area (Å²) in [6.45, 7) is 3.25. The average molecular weight is 221 g/mol. The molecule has 0 saturated carbocycles. The van der Waals surface area contributed by atoms with Crippen molar-refractivity contribution in [2.24, 2.45) is 0 Å². The Labute approximate surface area is 94.5 Å². The number of benzene rings is 1. The number of ether oxygens (including phenoxy) is 3. The fourth-order valence-corrected chi connectivity index (χ4v) is 1.41. The zero-order valence-electron chi connectivity index (χ0n) is 9.02. The van der Waals surface area contributed by atoms with E-state index in [1.165, 1.54) is 0 Å². The van der Waals surface area contributed by atoms with Crippen molar-refractivity contribution in [3.63, 3.8) is 0 Å². The SMILES string of the molecule is c1cc(OCC2CN2)cc(OCC2CO2)c1. The van der Waals surface area contributed by atoms with Crippen LogP contribution in [-0.2, 0) is 4.74 Å². The molecule has 0 spiro atoms. The van der Waals surface area contributed by atoms with Gasteiger partial charge < -0.3 is 19.5 Å². The quantitative estimate of drug-likeness (QED) is 0.722. The first kappa shape index (κ1) is 9.93. The fraction of sp³-hybridized carbons (Fsp3) is 0.500. The second-order valence-electron chi connectivity index (χ2n) is 4.16. The van der Waals surface area contributed by atoms with Gasteiger partial charge in [-0.3, -0.25) is 0 Å². The maximum absolute atomic E-state index is 5.62. The van der Waals surface area contributed by atoms with Crippen molar-refractivity contribution in [3.8, 4) is 11.5 Å². The van der Waals surface area contributed by atoms with E-state index in [4.69, 9.17) is 14.2 Å². The highest BCUT2D eigenvalue weighted by Gasteiger charge is 2.23. The predicted octanol–water partition coefficient (Wildman–Crippen LogP) is 0.815. The van der Waals surface area contributed by atoms with Crippen LogP contribution in [0.5, 0.6) is 11.5 Å². The monoisotopic (exact) mass is 221 g/mol. The molecule has 1 N–H and O–H groups in total. The topological polar surface area (TPSA) is 52.9 Å². The number of hydrogen-bond donors (Lipinski definition) is 1. The van der Waals surface area contributed by atoms with E-state index < -0.39 is 0 Å². The maximum atomic E-state index is 5.62. The van der Waals surface area contributed by atoms with E-state index in [2.05, 4.69) is 5.32 Å². The Balaban J connectivity index is 1.52. The molecule has 3 rings (SSSR count). The highest BCUT2D eigenvalue weighted by atomic mass is 16.6. The molecule has 0 aromatic heterocycles. The Morgan fingerprint density at radius 1 is 1.25 bits per heavy atom. The normalized spacial score (nSPS) is 26.2. The van der Waals surface area contributed by atoms with Crippen LogP contribution in [0.1, 0.15) is 0 Å². The fourth-order valence-electron chi connectivity index (χ4n) is 1.41. The second kappa shape index (κ2) is 4.31. The maximum Gasteiger partial charge on any atom is 0.123 e. The lowest BCUT2D eigenvalue weighted by Gasteiger charge is -2.08. The minimum Gasteiger partial charge on any atom is -0.492 e. The van der Waals surface area contributed by atoms with E-state index in [1.54, 1.807) is 0 Å². The van der Waals surface area contributed by atoms with Gasteiger partial charge in [-0.25, -0.2) is 0 Å². The molecule has 16 heavy (non-hydrogen) atoms. The number of hydrogen-bond acceptors (Lipinski definition) is 4. The molecule has 1 aromatic carbocycles.